The molecular formula is C57H50IrN2-2. The number of rotatable bonds is 5. The van der Waals surface area contributed by atoms with E-state index in [1.54, 1.807) is 0 Å². The van der Waals surface area contributed by atoms with Crippen LogP contribution in [-0.4, -0.2) is 9.97 Å². The number of hydrogen-bond donors (Lipinski definition) is 0. The zero-order chi connectivity index (χ0) is 41.1. The van der Waals surface area contributed by atoms with Crippen molar-refractivity contribution in [2.24, 2.45) is 0 Å². The second-order valence-corrected chi connectivity index (χ2v) is 17.5. The van der Waals surface area contributed by atoms with E-state index >= 15 is 0 Å². The molecule has 0 amide bonds. The Balaban J connectivity index is 0.000000252. The van der Waals surface area contributed by atoms with E-state index < -0.39 is 0 Å². The van der Waals surface area contributed by atoms with E-state index in [1.165, 1.54) is 60.7 Å². The van der Waals surface area contributed by atoms with Crippen LogP contribution in [0.3, 0.4) is 0 Å². The summed E-state index contributed by atoms with van der Waals surface area (Å²) < 4.78 is 0. The van der Waals surface area contributed by atoms with E-state index in [0.717, 1.165) is 33.5 Å². The molecule has 0 saturated carbocycles. The van der Waals surface area contributed by atoms with E-state index in [4.69, 9.17) is 4.98 Å². The first-order chi connectivity index (χ1) is 28.4. The Morgan fingerprint density at radius 2 is 0.817 bits per heavy atom. The van der Waals surface area contributed by atoms with Crippen molar-refractivity contribution in [1.82, 2.24) is 9.97 Å². The summed E-state index contributed by atoms with van der Waals surface area (Å²) in [5.41, 5.74) is 15.4. The third-order valence-corrected chi connectivity index (χ3v) is 11.1. The minimum atomic E-state index is 0. The predicted molar refractivity (Wildman–Crippen MR) is 250 cm³/mol. The van der Waals surface area contributed by atoms with Crippen molar-refractivity contribution in [3.05, 3.63) is 205 Å². The third kappa shape index (κ3) is 9.40. The first-order valence-corrected chi connectivity index (χ1v) is 20.5. The Hall–Kier alpha value is -5.99. The number of hydrogen-bond acceptors (Lipinski definition) is 2. The largest absolute Gasteiger partial charge is 0.304 e. The molecule has 0 spiro atoms. The zero-order valence-corrected chi connectivity index (χ0v) is 37.9. The van der Waals surface area contributed by atoms with Gasteiger partial charge in [0.1, 0.15) is 0 Å². The van der Waals surface area contributed by atoms with Crippen LogP contribution in [0.15, 0.2) is 176 Å². The van der Waals surface area contributed by atoms with Crippen LogP contribution in [0.1, 0.15) is 58.2 Å². The van der Waals surface area contributed by atoms with E-state index in [0.29, 0.717) is 0 Å². The second kappa shape index (κ2) is 17.7. The molecule has 9 aromatic rings. The second-order valence-electron chi connectivity index (χ2n) is 17.5. The van der Waals surface area contributed by atoms with E-state index in [9.17, 15) is 0 Å². The van der Waals surface area contributed by atoms with Gasteiger partial charge in [-0.25, -0.2) is 0 Å². The summed E-state index contributed by atoms with van der Waals surface area (Å²) in [6.45, 7) is 15.7. The fourth-order valence-electron chi connectivity index (χ4n) is 7.62. The van der Waals surface area contributed by atoms with Crippen LogP contribution in [0, 0.1) is 19.1 Å². The standard InChI is InChI=1S/C41H38N.C16H12N.Ir/c1-40(2,3)36-18-14-28(15-19-36)33-25-34(29-16-20-37(21-17-29)41(4,5)6)27-35(26-33)31-11-9-12-32(24-31)39-38-13-8-7-10-30(38)22-23-42-39;1-12-5-4-7-14(11-12)16-15-8-3-2-6-13(15)9-10-17-16;/h7-11,13-27H,1-6H3;2-6,8-11H,1H3;/q2*-1;. The maximum absolute atomic E-state index is 4.77. The molecule has 2 aromatic heterocycles. The summed E-state index contributed by atoms with van der Waals surface area (Å²) in [5, 5.41) is 4.72. The summed E-state index contributed by atoms with van der Waals surface area (Å²) >= 11 is 0. The van der Waals surface area contributed by atoms with Crippen molar-refractivity contribution < 1.29 is 20.1 Å². The molecule has 0 bridgehead atoms. The third-order valence-electron chi connectivity index (χ3n) is 11.1. The molecule has 0 N–H and O–H groups in total. The normalized spacial score (nSPS) is 11.4. The maximum atomic E-state index is 4.77. The summed E-state index contributed by atoms with van der Waals surface area (Å²) in [5.74, 6) is 0. The summed E-state index contributed by atoms with van der Waals surface area (Å²) in [4.78, 5) is 9.25. The van der Waals surface area contributed by atoms with Gasteiger partial charge in [0.25, 0.3) is 0 Å². The SMILES string of the molecule is CC(C)(C)c1ccc(-c2cc(-c3ccc(C(C)(C)C)cc3)cc(-c3cc[c-]c(-c4nccc5ccccc45)c3)c2)cc1.Cc1cc[c-]c(-c2nccc3ccccc23)c1.[Ir]. The van der Waals surface area contributed by atoms with Crippen LogP contribution < -0.4 is 0 Å². The van der Waals surface area contributed by atoms with Crippen LogP contribution in [0.2, 0.25) is 0 Å². The molecule has 7 aromatic carbocycles. The van der Waals surface area contributed by atoms with Gasteiger partial charge in [-0.15, -0.1) is 70.8 Å². The molecule has 1 radical (unpaired) electrons. The van der Waals surface area contributed by atoms with Gasteiger partial charge < -0.3 is 9.97 Å². The van der Waals surface area contributed by atoms with Crippen molar-refractivity contribution >= 4 is 21.5 Å². The first kappa shape index (κ1) is 42.1. The van der Waals surface area contributed by atoms with Gasteiger partial charge in [-0.1, -0.05) is 146 Å². The molecule has 0 atom stereocenters. The molecule has 60 heavy (non-hydrogen) atoms. The van der Waals surface area contributed by atoms with E-state index in [2.05, 4.69) is 199 Å². The Kier molecular flexibility index (Phi) is 12.4. The van der Waals surface area contributed by atoms with Gasteiger partial charge in [-0.05, 0) is 113 Å². The zero-order valence-electron chi connectivity index (χ0n) is 35.5. The quantitative estimate of drug-likeness (QED) is 0.161. The van der Waals surface area contributed by atoms with Crippen LogP contribution >= 0.6 is 0 Å². The molecule has 0 unspecified atom stereocenters. The van der Waals surface area contributed by atoms with Gasteiger partial charge in [0, 0.05) is 32.5 Å². The maximum Gasteiger partial charge on any atom is 0.0167 e. The van der Waals surface area contributed by atoms with Gasteiger partial charge in [0.15, 0.2) is 0 Å². The van der Waals surface area contributed by atoms with Crippen LogP contribution in [-0.2, 0) is 30.9 Å². The Labute approximate surface area is 369 Å². The average molecular weight is 955 g/mol. The smallest absolute Gasteiger partial charge is 0.0167 e. The average Bonchev–Trinajstić information content (AvgIpc) is 3.25. The molecule has 3 heteroatoms. The molecule has 9 rings (SSSR count). The number of benzene rings is 7. The molecule has 0 fully saturated rings. The fourth-order valence-corrected chi connectivity index (χ4v) is 7.62. The van der Waals surface area contributed by atoms with E-state index in [-0.39, 0.29) is 30.9 Å². The van der Waals surface area contributed by atoms with Crippen molar-refractivity contribution in [2.45, 2.75) is 59.3 Å². The van der Waals surface area contributed by atoms with Gasteiger partial charge in [0.2, 0.25) is 0 Å². The van der Waals surface area contributed by atoms with Crippen LogP contribution in [0.25, 0.3) is 77.4 Å². The topological polar surface area (TPSA) is 25.8 Å². The Morgan fingerprint density at radius 1 is 0.400 bits per heavy atom. The van der Waals surface area contributed by atoms with Crippen LogP contribution in [0.5, 0.6) is 0 Å². The Morgan fingerprint density at radius 3 is 1.27 bits per heavy atom. The minimum absolute atomic E-state index is 0. The van der Waals surface area contributed by atoms with E-state index in [1.807, 2.05) is 42.7 Å². The summed E-state index contributed by atoms with van der Waals surface area (Å²) in [7, 11) is 0. The Bertz CT molecular complexity index is 2810. The predicted octanol–water partition coefficient (Wildman–Crippen LogP) is 15.3. The molecular weight excluding hydrogens is 905 g/mol. The first-order valence-electron chi connectivity index (χ1n) is 20.5. The molecule has 0 saturated heterocycles. The van der Waals surface area contributed by atoms with Gasteiger partial charge in [-0.2, -0.15) is 0 Å². The summed E-state index contributed by atoms with van der Waals surface area (Å²) in [6, 6.07) is 65.1. The fraction of sp³-hybridized carbons (Fsp3) is 0.158. The van der Waals surface area contributed by atoms with Crippen molar-refractivity contribution in [2.75, 3.05) is 0 Å². The van der Waals surface area contributed by atoms with Crippen molar-refractivity contribution in [1.29, 1.82) is 0 Å². The van der Waals surface area contributed by atoms with Crippen molar-refractivity contribution in [3.63, 3.8) is 0 Å². The monoisotopic (exact) mass is 955 g/mol. The molecule has 0 aliphatic heterocycles. The molecule has 2 heterocycles. The number of aryl methyl sites for hydroxylation is 1. The minimum Gasteiger partial charge on any atom is -0.304 e. The molecule has 0 aliphatic rings. The molecule has 0 aliphatic carbocycles. The summed E-state index contributed by atoms with van der Waals surface area (Å²) in [6.07, 6.45) is 3.74. The van der Waals surface area contributed by atoms with Gasteiger partial charge in [0.05, 0.1) is 0 Å². The van der Waals surface area contributed by atoms with Gasteiger partial charge in [-0.3, -0.25) is 0 Å². The molecule has 299 valence electrons. The number of aromatic nitrogens is 2. The number of fused-ring (bicyclic) bond motifs is 2. The van der Waals surface area contributed by atoms with Crippen LogP contribution in [0.4, 0.5) is 0 Å². The van der Waals surface area contributed by atoms with Gasteiger partial charge >= 0.3 is 0 Å². The number of pyridine rings is 2. The number of nitrogens with zero attached hydrogens (tertiary/aromatic N) is 2. The van der Waals surface area contributed by atoms with Crippen molar-refractivity contribution in [3.8, 4) is 55.9 Å². The molecule has 2 nitrogen and oxygen atoms in total.